The van der Waals surface area contributed by atoms with Gasteiger partial charge >= 0.3 is 23.5 Å². The van der Waals surface area contributed by atoms with E-state index in [-0.39, 0.29) is 25.8 Å². The Bertz CT molecular complexity index is 1500. The van der Waals surface area contributed by atoms with E-state index in [2.05, 4.69) is 9.72 Å². The molecule has 11 nitrogen and oxygen atoms in total. The van der Waals surface area contributed by atoms with Crippen molar-refractivity contribution >= 4 is 23.4 Å². The van der Waals surface area contributed by atoms with Gasteiger partial charge < -0.3 is 9.47 Å². The number of carbonyl (C=O) groups excluding carboxylic acids is 1. The molecular weight excluding hydrogens is 516 g/mol. The van der Waals surface area contributed by atoms with Gasteiger partial charge in [0.15, 0.2) is 17.3 Å². The summed E-state index contributed by atoms with van der Waals surface area (Å²) in [7, 11) is 1.76. The third-order valence-electron chi connectivity index (χ3n) is 4.76. The van der Waals surface area contributed by atoms with Crippen LogP contribution in [0.5, 0.6) is 11.5 Å². The van der Waals surface area contributed by atoms with Gasteiger partial charge in [-0.15, -0.1) is 11.8 Å². The number of nitro groups is 1. The number of methoxy groups -OCH3 is 1. The molecule has 0 atom stereocenters. The number of esters is 1. The highest BCUT2D eigenvalue weighted by Crippen LogP contribution is 2.39. The molecule has 3 aromatic rings. The van der Waals surface area contributed by atoms with Crippen molar-refractivity contribution in [3.63, 3.8) is 0 Å². The van der Waals surface area contributed by atoms with Crippen molar-refractivity contribution in [1.82, 2.24) is 14.1 Å². The van der Waals surface area contributed by atoms with Crippen molar-refractivity contribution in [3.05, 3.63) is 78.6 Å². The van der Waals surface area contributed by atoms with Crippen LogP contribution in [-0.4, -0.2) is 38.4 Å². The summed E-state index contributed by atoms with van der Waals surface area (Å²) in [5.74, 6) is -3.50. The lowest BCUT2D eigenvalue weighted by Gasteiger charge is -2.16. The first-order valence-electron chi connectivity index (χ1n) is 9.49. The topological polar surface area (TPSA) is 136 Å². The molecule has 1 aromatic carbocycles. The van der Waals surface area contributed by atoms with Gasteiger partial charge in [-0.1, -0.05) is 0 Å². The predicted octanol–water partition coefficient (Wildman–Crippen LogP) is 3.30. The minimum absolute atomic E-state index is 0.0566. The van der Waals surface area contributed by atoms with Gasteiger partial charge in [-0.05, 0) is 12.3 Å². The molecule has 190 valence electrons. The first-order chi connectivity index (χ1) is 16.8. The number of pyridine rings is 1. The standard InChI is InChI=1S/C20H14F4N4O7S/c1-26-14(20(22,23)24)8-15(29)27(19(26)31)10-7-12(11(28(32)33)6-9(10)21)35-17-13(36-3)4-5-25-16(17)18(30)34-2/h4-8H,1-3H3. The molecular formula is C20H14F4N4O7S. The summed E-state index contributed by atoms with van der Waals surface area (Å²) in [6.45, 7) is 0. The lowest BCUT2D eigenvalue weighted by Crippen LogP contribution is -2.41. The van der Waals surface area contributed by atoms with Crippen LogP contribution < -0.4 is 16.0 Å². The minimum Gasteiger partial charge on any atom is -0.464 e. The van der Waals surface area contributed by atoms with Crippen LogP contribution in [0.1, 0.15) is 16.2 Å². The number of alkyl halides is 3. The summed E-state index contributed by atoms with van der Waals surface area (Å²) in [5.41, 5.74) is -7.01. The zero-order valence-electron chi connectivity index (χ0n) is 18.5. The Morgan fingerprint density at radius 2 is 1.89 bits per heavy atom. The number of rotatable bonds is 6. The molecule has 36 heavy (non-hydrogen) atoms. The summed E-state index contributed by atoms with van der Waals surface area (Å²) < 4.78 is 64.6. The number of carbonyl (C=O) groups is 1. The number of aromatic nitrogens is 3. The van der Waals surface area contributed by atoms with Gasteiger partial charge in [0.2, 0.25) is 5.75 Å². The smallest absolute Gasteiger partial charge is 0.431 e. The van der Waals surface area contributed by atoms with Crippen LogP contribution in [0.15, 0.2) is 44.9 Å². The predicted molar refractivity (Wildman–Crippen MR) is 116 cm³/mol. The molecule has 3 rings (SSSR count). The average molecular weight is 530 g/mol. The number of hydrogen-bond donors (Lipinski definition) is 0. The first-order valence-corrected chi connectivity index (χ1v) is 10.7. The van der Waals surface area contributed by atoms with Gasteiger partial charge in [-0.3, -0.25) is 19.5 Å². The number of nitrogens with zero attached hydrogens (tertiary/aromatic N) is 4. The Morgan fingerprint density at radius 1 is 1.22 bits per heavy atom. The second-order valence-electron chi connectivity index (χ2n) is 6.86. The average Bonchev–Trinajstić information content (AvgIpc) is 2.81. The quantitative estimate of drug-likeness (QED) is 0.155. The number of hydrogen-bond acceptors (Lipinski definition) is 9. The number of benzene rings is 1. The van der Waals surface area contributed by atoms with E-state index < -0.39 is 62.6 Å². The first kappa shape index (κ1) is 26.4. The molecule has 0 fully saturated rings. The highest BCUT2D eigenvalue weighted by molar-refractivity contribution is 7.98. The van der Waals surface area contributed by atoms with E-state index in [1.54, 1.807) is 6.26 Å². The van der Waals surface area contributed by atoms with Crippen molar-refractivity contribution in [1.29, 1.82) is 0 Å². The van der Waals surface area contributed by atoms with E-state index >= 15 is 0 Å². The molecule has 0 bridgehead atoms. The monoisotopic (exact) mass is 530 g/mol. The Kier molecular flexibility index (Phi) is 7.19. The fraction of sp³-hybridized carbons (Fsp3) is 0.200. The van der Waals surface area contributed by atoms with Crippen molar-refractivity contribution in [2.45, 2.75) is 11.1 Å². The molecule has 0 spiro atoms. The summed E-state index contributed by atoms with van der Waals surface area (Å²) in [5, 5.41) is 11.6. The summed E-state index contributed by atoms with van der Waals surface area (Å²) in [6, 6.07) is 2.38. The molecule has 0 saturated heterocycles. The third kappa shape index (κ3) is 4.79. The van der Waals surface area contributed by atoms with Crippen LogP contribution >= 0.6 is 11.8 Å². The lowest BCUT2D eigenvalue weighted by molar-refractivity contribution is -0.385. The van der Waals surface area contributed by atoms with Crippen LogP contribution in [0.4, 0.5) is 23.2 Å². The second kappa shape index (κ2) is 9.80. The highest BCUT2D eigenvalue weighted by atomic mass is 32.2. The van der Waals surface area contributed by atoms with Gasteiger partial charge in [0, 0.05) is 25.4 Å². The minimum atomic E-state index is -5.06. The Labute approximate surface area is 202 Å². The zero-order chi connectivity index (χ0) is 26.9. The van der Waals surface area contributed by atoms with Gasteiger partial charge in [0.1, 0.15) is 5.69 Å². The van der Waals surface area contributed by atoms with Crippen LogP contribution in [-0.2, 0) is 18.0 Å². The van der Waals surface area contributed by atoms with Gasteiger partial charge in [-0.25, -0.2) is 23.5 Å². The Hall–Kier alpha value is -4.21. The summed E-state index contributed by atoms with van der Waals surface area (Å²) >= 11 is 1.05. The van der Waals surface area contributed by atoms with Gasteiger partial charge in [0.25, 0.3) is 5.56 Å². The highest BCUT2D eigenvalue weighted by Gasteiger charge is 2.35. The number of nitro benzene ring substituents is 1. The maximum atomic E-state index is 14.9. The van der Waals surface area contributed by atoms with E-state index in [1.807, 2.05) is 0 Å². The van der Waals surface area contributed by atoms with Crippen molar-refractivity contribution in [3.8, 4) is 17.2 Å². The van der Waals surface area contributed by atoms with Crippen LogP contribution in [0.2, 0.25) is 0 Å². The fourth-order valence-electron chi connectivity index (χ4n) is 3.09. The van der Waals surface area contributed by atoms with Crippen LogP contribution in [0.3, 0.4) is 0 Å². The maximum absolute atomic E-state index is 14.9. The van der Waals surface area contributed by atoms with Crippen LogP contribution in [0, 0.1) is 15.9 Å². The normalized spacial score (nSPS) is 11.3. The van der Waals surface area contributed by atoms with E-state index in [0.29, 0.717) is 19.2 Å². The Morgan fingerprint density at radius 3 is 2.44 bits per heavy atom. The SMILES string of the molecule is COC(=O)c1nccc(SC)c1Oc1cc(-n2c(=O)cc(C(F)(F)F)n(C)c2=O)c(F)cc1[N+](=O)[O-]. The number of ether oxygens (including phenoxy) is 2. The van der Waals surface area contributed by atoms with Gasteiger partial charge in [0.05, 0.1) is 28.7 Å². The van der Waals surface area contributed by atoms with Crippen molar-refractivity contribution in [2.24, 2.45) is 7.05 Å². The third-order valence-corrected chi connectivity index (χ3v) is 5.52. The maximum Gasteiger partial charge on any atom is 0.431 e. The molecule has 2 aromatic heterocycles. The van der Waals surface area contributed by atoms with E-state index in [4.69, 9.17) is 4.74 Å². The van der Waals surface area contributed by atoms with Crippen molar-refractivity contribution < 1.29 is 36.8 Å². The summed E-state index contributed by atoms with van der Waals surface area (Å²) in [6.07, 6.45) is -2.24. The molecule has 0 unspecified atom stereocenters. The molecule has 0 aliphatic carbocycles. The lowest BCUT2D eigenvalue weighted by atomic mass is 10.2. The molecule has 2 heterocycles. The molecule has 0 N–H and O–H groups in total. The molecule has 0 saturated carbocycles. The molecule has 0 radical (unpaired) electrons. The molecule has 0 amide bonds. The number of thioether (sulfide) groups is 1. The van der Waals surface area contributed by atoms with E-state index in [1.165, 1.54) is 12.3 Å². The summed E-state index contributed by atoms with van der Waals surface area (Å²) in [4.78, 5) is 51.8. The van der Waals surface area contributed by atoms with Crippen molar-refractivity contribution in [2.75, 3.05) is 13.4 Å². The van der Waals surface area contributed by atoms with E-state index in [0.717, 1.165) is 18.9 Å². The molecule has 0 aliphatic heterocycles. The zero-order valence-corrected chi connectivity index (χ0v) is 19.3. The van der Waals surface area contributed by atoms with Crippen LogP contribution in [0.25, 0.3) is 5.69 Å². The largest absolute Gasteiger partial charge is 0.464 e. The molecule has 16 heteroatoms. The molecule has 0 aliphatic rings. The number of halogens is 4. The second-order valence-corrected chi connectivity index (χ2v) is 7.70. The fourth-order valence-corrected chi connectivity index (χ4v) is 3.61. The Balaban J connectivity index is 2.32. The van der Waals surface area contributed by atoms with E-state index in [9.17, 15) is 42.1 Å². The van der Waals surface area contributed by atoms with Gasteiger partial charge in [-0.2, -0.15) is 13.2 Å².